The average molecular weight is 301 g/mol. The Morgan fingerprint density at radius 1 is 1.55 bits per heavy atom. The first-order chi connectivity index (χ1) is 9.19. The summed E-state index contributed by atoms with van der Waals surface area (Å²) in [5, 5.41) is 22.7. The molecule has 1 unspecified atom stereocenters. The second kappa shape index (κ2) is 6.19. The molecular weight excluding hydrogens is 282 g/mol. The average Bonchev–Trinajstić information content (AvgIpc) is 2.87. The molecule has 0 radical (unpaired) electrons. The topological polar surface area (TPSA) is 103 Å². The number of hydrogen-bond donors (Lipinski definition) is 3. The Balaban J connectivity index is 2.72. The van der Waals surface area contributed by atoms with Crippen molar-refractivity contribution in [2.45, 2.75) is 32.4 Å². The molecule has 0 fully saturated rings. The smallest absolute Gasteiger partial charge is 0.355 e. The van der Waals surface area contributed by atoms with Gasteiger partial charge in [0.15, 0.2) is 5.69 Å². The predicted octanol–water partition coefficient (Wildman–Crippen LogP) is 1.31. The molecule has 0 aliphatic heterocycles. The molecule has 1 aromatic rings. The number of urea groups is 1. The largest absolute Gasteiger partial charge is 0.476 e. The molecular formula is C12H19N3O4S. The fourth-order valence-electron chi connectivity index (χ4n) is 1.31. The first kappa shape index (κ1) is 16.4. The minimum absolute atomic E-state index is 0.0323. The number of aromatic carboxylic acids is 1. The molecule has 1 aromatic heterocycles. The van der Waals surface area contributed by atoms with Gasteiger partial charge in [0.1, 0.15) is 5.01 Å². The molecule has 0 aromatic carbocycles. The molecule has 0 saturated heterocycles. The quantitative estimate of drug-likeness (QED) is 0.761. The molecule has 0 spiro atoms. The Labute approximate surface area is 121 Å². The SMILES string of the molecule is CC(NC(=O)N(C)C(C)(C)CO)c1nc(C(=O)O)cs1. The van der Waals surface area contributed by atoms with Crippen LogP contribution < -0.4 is 5.32 Å². The van der Waals surface area contributed by atoms with Crippen LogP contribution in [0, 0.1) is 0 Å². The van der Waals surface area contributed by atoms with E-state index in [1.54, 1.807) is 27.8 Å². The van der Waals surface area contributed by atoms with Gasteiger partial charge in [-0.1, -0.05) is 0 Å². The standard InChI is InChI=1S/C12H19N3O4S/c1-7(9-14-8(5-20-9)10(17)18)13-11(19)15(4)12(2,3)6-16/h5,7,16H,6H2,1-4H3,(H,13,19)(H,17,18). The van der Waals surface area contributed by atoms with Gasteiger partial charge in [-0.3, -0.25) is 0 Å². The molecule has 1 rings (SSSR count). The van der Waals surface area contributed by atoms with E-state index in [0.717, 1.165) is 0 Å². The summed E-state index contributed by atoms with van der Waals surface area (Å²) in [6, 6.07) is -0.763. The molecule has 0 aliphatic rings. The number of carboxylic acids is 1. The number of amides is 2. The Kier molecular flexibility index (Phi) is 5.07. The highest BCUT2D eigenvalue weighted by atomic mass is 32.1. The normalized spacial score (nSPS) is 12.8. The van der Waals surface area contributed by atoms with E-state index in [9.17, 15) is 14.7 Å². The van der Waals surface area contributed by atoms with Crippen LogP contribution in [0.4, 0.5) is 4.79 Å². The van der Waals surface area contributed by atoms with Crippen molar-refractivity contribution in [3.8, 4) is 0 Å². The molecule has 8 heteroatoms. The summed E-state index contributed by atoms with van der Waals surface area (Å²) in [6.07, 6.45) is 0. The maximum atomic E-state index is 12.0. The molecule has 112 valence electrons. The highest BCUT2D eigenvalue weighted by Gasteiger charge is 2.28. The van der Waals surface area contributed by atoms with Crippen LogP contribution in [-0.2, 0) is 0 Å². The van der Waals surface area contributed by atoms with Gasteiger partial charge < -0.3 is 20.4 Å². The summed E-state index contributed by atoms with van der Waals surface area (Å²) in [5.74, 6) is -1.09. The van der Waals surface area contributed by atoms with Gasteiger partial charge in [0.2, 0.25) is 0 Å². The van der Waals surface area contributed by atoms with Gasteiger partial charge in [-0.2, -0.15) is 0 Å². The van der Waals surface area contributed by atoms with Crippen molar-refractivity contribution in [3.63, 3.8) is 0 Å². The molecule has 0 aliphatic carbocycles. The van der Waals surface area contributed by atoms with Crippen LogP contribution in [0.15, 0.2) is 5.38 Å². The van der Waals surface area contributed by atoms with E-state index in [2.05, 4.69) is 10.3 Å². The number of aliphatic hydroxyl groups excluding tert-OH is 1. The summed E-state index contributed by atoms with van der Waals surface area (Å²) in [4.78, 5) is 28.1. The zero-order chi connectivity index (χ0) is 15.5. The minimum Gasteiger partial charge on any atom is -0.476 e. The van der Waals surface area contributed by atoms with Crippen molar-refractivity contribution in [1.82, 2.24) is 15.2 Å². The van der Waals surface area contributed by atoms with E-state index in [0.29, 0.717) is 5.01 Å². The van der Waals surface area contributed by atoms with Gasteiger partial charge in [-0.25, -0.2) is 14.6 Å². The van der Waals surface area contributed by atoms with Gasteiger partial charge >= 0.3 is 12.0 Å². The monoisotopic (exact) mass is 301 g/mol. The third kappa shape index (κ3) is 3.67. The molecule has 20 heavy (non-hydrogen) atoms. The number of nitrogens with one attached hydrogen (secondary N) is 1. The Morgan fingerprint density at radius 2 is 2.15 bits per heavy atom. The van der Waals surface area contributed by atoms with Gasteiger partial charge in [0.25, 0.3) is 0 Å². The van der Waals surface area contributed by atoms with Crippen molar-refractivity contribution in [2.75, 3.05) is 13.7 Å². The molecule has 1 heterocycles. The van der Waals surface area contributed by atoms with Crippen LogP contribution in [0.25, 0.3) is 0 Å². The number of carbonyl (C=O) groups excluding carboxylic acids is 1. The summed E-state index contributed by atoms with van der Waals surface area (Å²) < 4.78 is 0. The van der Waals surface area contributed by atoms with Crippen LogP contribution in [0.1, 0.15) is 42.3 Å². The zero-order valence-corrected chi connectivity index (χ0v) is 12.7. The second-order valence-corrected chi connectivity index (χ2v) is 5.97. The number of aromatic nitrogens is 1. The van der Waals surface area contributed by atoms with Crippen molar-refractivity contribution in [3.05, 3.63) is 16.1 Å². The van der Waals surface area contributed by atoms with Crippen LogP contribution in [-0.4, -0.2) is 51.3 Å². The number of rotatable bonds is 5. The number of likely N-dealkylation sites (N-methyl/N-ethyl adjacent to an activating group) is 1. The van der Waals surface area contributed by atoms with Gasteiger partial charge in [0.05, 0.1) is 18.2 Å². The number of aliphatic hydroxyl groups is 1. The zero-order valence-electron chi connectivity index (χ0n) is 11.9. The fourth-order valence-corrected chi connectivity index (χ4v) is 2.11. The summed E-state index contributed by atoms with van der Waals surface area (Å²) in [5.41, 5.74) is -0.714. The Hall–Kier alpha value is -1.67. The minimum atomic E-state index is -1.09. The van der Waals surface area contributed by atoms with E-state index >= 15 is 0 Å². The van der Waals surface area contributed by atoms with E-state index in [1.807, 2.05) is 0 Å². The first-order valence-electron chi connectivity index (χ1n) is 6.03. The lowest BCUT2D eigenvalue weighted by Gasteiger charge is -2.34. The summed E-state index contributed by atoms with van der Waals surface area (Å²) in [6.45, 7) is 5.04. The number of nitrogens with zero attached hydrogens (tertiary/aromatic N) is 2. The second-order valence-electron chi connectivity index (χ2n) is 5.08. The van der Waals surface area contributed by atoms with Crippen LogP contribution >= 0.6 is 11.3 Å². The predicted molar refractivity (Wildman–Crippen MR) is 74.9 cm³/mol. The maximum Gasteiger partial charge on any atom is 0.355 e. The Bertz CT molecular complexity index is 501. The van der Waals surface area contributed by atoms with Gasteiger partial charge in [-0.15, -0.1) is 11.3 Å². The number of hydrogen-bond acceptors (Lipinski definition) is 5. The van der Waals surface area contributed by atoms with Crippen LogP contribution in [0.2, 0.25) is 0 Å². The molecule has 7 nitrogen and oxygen atoms in total. The third-order valence-corrected chi connectivity index (χ3v) is 4.08. The van der Waals surface area contributed by atoms with E-state index in [1.165, 1.54) is 21.6 Å². The van der Waals surface area contributed by atoms with E-state index < -0.39 is 17.6 Å². The third-order valence-electron chi connectivity index (χ3n) is 3.05. The summed E-state index contributed by atoms with van der Waals surface area (Å²) >= 11 is 1.18. The van der Waals surface area contributed by atoms with E-state index in [-0.39, 0.29) is 18.3 Å². The van der Waals surface area contributed by atoms with Crippen molar-refractivity contribution in [2.24, 2.45) is 0 Å². The molecule has 3 N–H and O–H groups in total. The van der Waals surface area contributed by atoms with Crippen molar-refractivity contribution < 1.29 is 19.8 Å². The van der Waals surface area contributed by atoms with Crippen LogP contribution in [0.3, 0.4) is 0 Å². The lowest BCUT2D eigenvalue weighted by Crippen LogP contribution is -2.52. The molecule has 1 atom stereocenters. The van der Waals surface area contributed by atoms with Crippen LogP contribution in [0.5, 0.6) is 0 Å². The highest BCUT2D eigenvalue weighted by molar-refractivity contribution is 7.09. The molecule has 0 saturated carbocycles. The highest BCUT2D eigenvalue weighted by Crippen LogP contribution is 2.19. The molecule has 0 bridgehead atoms. The fraction of sp³-hybridized carbons (Fsp3) is 0.583. The van der Waals surface area contributed by atoms with E-state index in [4.69, 9.17) is 5.11 Å². The number of carbonyl (C=O) groups is 2. The molecule has 2 amide bonds. The number of thiazole rings is 1. The lowest BCUT2D eigenvalue weighted by molar-refractivity contribution is 0.0691. The van der Waals surface area contributed by atoms with Gasteiger partial charge in [-0.05, 0) is 20.8 Å². The van der Waals surface area contributed by atoms with Crippen molar-refractivity contribution >= 4 is 23.3 Å². The Morgan fingerprint density at radius 3 is 2.60 bits per heavy atom. The first-order valence-corrected chi connectivity index (χ1v) is 6.91. The summed E-state index contributed by atoms with van der Waals surface area (Å²) in [7, 11) is 1.59. The van der Waals surface area contributed by atoms with Gasteiger partial charge in [0, 0.05) is 12.4 Å². The lowest BCUT2D eigenvalue weighted by atomic mass is 10.1. The maximum absolute atomic E-state index is 12.0. The number of carboxylic acid groups (broad SMARTS) is 1. The van der Waals surface area contributed by atoms with Crippen molar-refractivity contribution in [1.29, 1.82) is 0 Å².